The van der Waals surface area contributed by atoms with Crippen molar-refractivity contribution in [2.45, 2.75) is 50.6 Å². The molecular formula is C15H20N4O3S. The summed E-state index contributed by atoms with van der Waals surface area (Å²) in [6.07, 6.45) is 0. The van der Waals surface area contributed by atoms with Crippen LogP contribution in [0.5, 0.6) is 0 Å². The lowest BCUT2D eigenvalue weighted by Crippen LogP contribution is -2.17. The van der Waals surface area contributed by atoms with E-state index >= 15 is 0 Å². The van der Waals surface area contributed by atoms with Crippen LogP contribution in [0.15, 0.2) is 39.4 Å². The third kappa shape index (κ3) is 8.05. The van der Waals surface area contributed by atoms with E-state index in [9.17, 15) is 8.42 Å². The van der Waals surface area contributed by atoms with Crippen LogP contribution >= 0.6 is 0 Å². The topological polar surface area (TPSA) is 127 Å². The molecule has 8 heteroatoms. The van der Waals surface area contributed by atoms with Gasteiger partial charge < -0.3 is 0 Å². The normalized spacial score (nSPS) is 12.0. The largest absolute Gasteiger partial charge is 0.294 e. The summed E-state index contributed by atoms with van der Waals surface area (Å²) < 4.78 is 29.9. The highest BCUT2D eigenvalue weighted by molar-refractivity contribution is 7.85. The lowest BCUT2D eigenvalue weighted by molar-refractivity contribution is 0.482. The van der Waals surface area contributed by atoms with E-state index in [0.717, 1.165) is 0 Å². The minimum atomic E-state index is -4.03. The van der Waals surface area contributed by atoms with Crippen LogP contribution in [0.1, 0.15) is 33.3 Å². The molecule has 0 heterocycles. The van der Waals surface area contributed by atoms with Gasteiger partial charge in [0, 0.05) is 0 Å². The summed E-state index contributed by atoms with van der Waals surface area (Å²) >= 11 is 0. The molecule has 0 spiro atoms. The molecule has 7 nitrogen and oxygen atoms in total. The van der Waals surface area contributed by atoms with Crippen molar-refractivity contribution < 1.29 is 13.0 Å². The second-order valence-electron chi connectivity index (χ2n) is 5.78. The van der Waals surface area contributed by atoms with E-state index in [1.165, 1.54) is 6.07 Å². The predicted octanol–water partition coefficient (Wildman–Crippen LogP) is 3.28. The van der Waals surface area contributed by atoms with Crippen molar-refractivity contribution in [2.24, 2.45) is 10.2 Å². The second kappa shape index (κ2) is 7.82. The molecule has 0 saturated carbocycles. The molecule has 0 aliphatic heterocycles. The SMILES string of the molecule is CC(C)(C#N)N=NC(C)(C)C#N.Cc1ccccc1S(=O)(=O)O. The van der Waals surface area contributed by atoms with Gasteiger partial charge in [-0.3, -0.25) is 4.55 Å². The zero-order valence-corrected chi connectivity index (χ0v) is 14.6. The van der Waals surface area contributed by atoms with Crippen LogP contribution in [-0.4, -0.2) is 24.0 Å². The third-order valence-corrected chi connectivity index (χ3v) is 3.48. The summed E-state index contributed by atoms with van der Waals surface area (Å²) in [7, 11) is -4.03. The van der Waals surface area contributed by atoms with Crippen molar-refractivity contribution in [1.29, 1.82) is 10.5 Å². The van der Waals surface area contributed by atoms with E-state index in [2.05, 4.69) is 10.2 Å². The van der Waals surface area contributed by atoms with Gasteiger partial charge in [-0.05, 0) is 46.2 Å². The highest BCUT2D eigenvalue weighted by Crippen LogP contribution is 2.14. The van der Waals surface area contributed by atoms with E-state index in [1.807, 2.05) is 12.1 Å². The van der Waals surface area contributed by atoms with Crippen molar-refractivity contribution >= 4 is 10.1 Å². The zero-order chi connectivity index (χ0) is 18.3. The fourth-order valence-electron chi connectivity index (χ4n) is 1.14. The van der Waals surface area contributed by atoms with Crippen molar-refractivity contribution in [3.8, 4) is 12.1 Å². The maximum absolute atomic E-state index is 10.6. The number of aryl methyl sites for hydroxylation is 1. The molecule has 1 N–H and O–H groups in total. The maximum atomic E-state index is 10.6. The third-order valence-electron chi connectivity index (χ3n) is 2.47. The number of hydrogen-bond acceptors (Lipinski definition) is 6. The molecule has 0 bridgehead atoms. The van der Waals surface area contributed by atoms with Crippen LogP contribution in [-0.2, 0) is 10.1 Å². The summed E-state index contributed by atoms with van der Waals surface area (Å²) in [5.74, 6) is 0. The van der Waals surface area contributed by atoms with E-state index in [4.69, 9.17) is 15.1 Å². The Morgan fingerprint density at radius 2 is 1.39 bits per heavy atom. The summed E-state index contributed by atoms with van der Waals surface area (Å²) in [6, 6.07) is 10.2. The summed E-state index contributed by atoms with van der Waals surface area (Å²) in [5, 5.41) is 24.7. The molecule has 0 atom stereocenters. The van der Waals surface area contributed by atoms with Crippen LogP contribution in [0.4, 0.5) is 0 Å². The Morgan fingerprint density at radius 1 is 1.00 bits per heavy atom. The lowest BCUT2D eigenvalue weighted by atomic mass is 10.1. The number of nitriles is 2. The van der Waals surface area contributed by atoms with E-state index in [-0.39, 0.29) is 4.90 Å². The first-order valence-corrected chi connectivity index (χ1v) is 8.08. The van der Waals surface area contributed by atoms with Gasteiger partial charge in [0.15, 0.2) is 11.1 Å². The molecule has 23 heavy (non-hydrogen) atoms. The standard InChI is InChI=1S/C8H12N4.C7H8O3S/c1-7(2,5-9)11-12-8(3,4)6-10;1-6-4-2-3-5-7(6)11(8,9)10/h1-4H3;2-5H,1H3,(H,8,9,10). The van der Waals surface area contributed by atoms with E-state index in [0.29, 0.717) is 5.56 Å². The summed E-state index contributed by atoms with van der Waals surface area (Å²) in [4.78, 5) is -0.0278. The molecular weight excluding hydrogens is 316 g/mol. The molecule has 1 aromatic rings. The van der Waals surface area contributed by atoms with Gasteiger partial charge in [0.2, 0.25) is 0 Å². The fraction of sp³-hybridized carbons (Fsp3) is 0.467. The number of rotatable bonds is 3. The zero-order valence-electron chi connectivity index (χ0n) is 13.8. The van der Waals surface area contributed by atoms with Crippen LogP contribution < -0.4 is 0 Å². The van der Waals surface area contributed by atoms with Gasteiger partial charge in [-0.1, -0.05) is 18.2 Å². The molecule has 0 saturated heterocycles. The van der Waals surface area contributed by atoms with Crippen LogP contribution in [0.3, 0.4) is 0 Å². The molecule has 1 aromatic carbocycles. The Balaban J connectivity index is 0.000000422. The Bertz CT molecular complexity index is 726. The number of hydrogen-bond donors (Lipinski definition) is 1. The van der Waals surface area contributed by atoms with Crippen molar-refractivity contribution in [2.75, 3.05) is 0 Å². The predicted molar refractivity (Wildman–Crippen MR) is 85.2 cm³/mol. The average molecular weight is 336 g/mol. The van der Waals surface area contributed by atoms with Gasteiger partial charge in [-0.2, -0.15) is 29.2 Å². The number of nitrogens with zero attached hydrogens (tertiary/aromatic N) is 4. The average Bonchev–Trinajstić information content (AvgIpc) is 2.45. The van der Waals surface area contributed by atoms with Gasteiger partial charge in [-0.25, -0.2) is 0 Å². The molecule has 0 aliphatic carbocycles. The minimum absolute atomic E-state index is 0.0278. The molecule has 0 amide bonds. The molecule has 1 rings (SSSR count). The lowest BCUT2D eigenvalue weighted by Gasteiger charge is -2.11. The second-order valence-corrected chi connectivity index (χ2v) is 7.17. The Hall–Kier alpha value is -2.29. The van der Waals surface area contributed by atoms with Crippen molar-refractivity contribution in [1.82, 2.24) is 0 Å². The minimum Gasteiger partial charge on any atom is -0.282 e. The Kier molecular flexibility index (Phi) is 7.04. The first-order valence-electron chi connectivity index (χ1n) is 6.64. The van der Waals surface area contributed by atoms with Crippen LogP contribution in [0, 0.1) is 29.6 Å². The van der Waals surface area contributed by atoms with Gasteiger partial charge in [0.05, 0.1) is 17.0 Å². The monoisotopic (exact) mass is 336 g/mol. The van der Waals surface area contributed by atoms with E-state index in [1.54, 1.807) is 52.8 Å². The van der Waals surface area contributed by atoms with Crippen LogP contribution in [0.25, 0.3) is 0 Å². The van der Waals surface area contributed by atoms with E-state index < -0.39 is 21.2 Å². The Morgan fingerprint density at radius 3 is 1.65 bits per heavy atom. The fourth-order valence-corrected chi connectivity index (χ4v) is 1.87. The van der Waals surface area contributed by atoms with Crippen molar-refractivity contribution in [3.63, 3.8) is 0 Å². The Labute approximate surface area is 137 Å². The summed E-state index contributed by atoms with van der Waals surface area (Å²) in [6.45, 7) is 8.20. The number of benzene rings is 1. The highest BCUT2D eigenvalue weighted by atomic mass is 32.2. The molecule has 0 radical (unpaired) electrons. The maximum Gasteiger partial charge on any atom is 0.294 e. The first kappa shape index (κ1) is 20.7. The molecule has 0 unspecified atom stereocenters. The van der Waals surface area contributed by atoms with Crippen molar-refractivity contribution in [3.05, 3.63) is 29.8 Å². The van der Waals surface area contributed by atoms with Gasteiger partial charge in [-0.15, -0.1) is 0 Å². The molecule has 0 fully saturated rings. The van der Waals surface area contributed by atoms with Gasteiger partial charge in [0.25, 0.3) is 10.1 Å². The molecule has 0 aliphatic rings. The quantitative estimate of drug-likeness (QED) is 0.669. The van der Waals surface area contributed by atoms with Gasteiger partial charge in [0.1, 0.15) is 0 Å². The molecule has 124 valence electrons. The van der Waals surface area contributed by atoms with Gasteiger partial charge >= 0.3 is 0 Å². The van der Waals surface area contributed by atoms with Crippen LogP contribution in [0.2, 0.25) is 0 Å². The number of azo groups is 1. The highest BCUT2D eigenvalue weighted by Gasteiger charge is 2.19. The molecule has 0 aromatic heterocycles. The first-order chi connectivity index (χ1) is 10.3. The summed E-state index contributed by atoms with van der Waals surface area (Å²) in [5.41, 5.74) is -1.13. The smallest absolute Gasteiger partial charge is 0.282 e.